The number of rotatable bonds is 6. The summed E-state index contributed by atoms with van der Waals surface area (Å²) in [5.41, 5.74) is 1.11. The number of carbonyl (C=O) groups is 2. The number of benzene rings is 3. The van der Waals surface area contributed by atoms with Gasteiger partial charge in [0.15, 0.2) is 0 Å². The van der Waals surface area contributed by atoms with Crippen molar-refractivity contribution in [1.29, 1.82) is 0 Å². The molecule has 2 amide bonds. The van der Waals surface area contributed by atoms with E-state index in [4.69, 9.17) is 0 Å². The van der Waals surface area contributed by atoms with Gasteiger partial charge in [-0.15, -0.1) is 0 Å². The Kier molecular flexibility index (Phi) is 6.71. The standard InChI is InChI=1S/C22H16BrN3O4/c23-19-12-5-4-11-18(19)21(27)25-20(22(28)24-16-8-2-1-3-9-16)14-15-7-6-10-17(13-15)26(29)30/h1-14H,(H,24,28)(H,25,27). The van der Waals surface area contributed by atoms with E-state index in [9.17, 15) is 19.7 Å². The number of non-ortho nitro benzene ring substituents is 1. The zero-order valence-corrected chi connectivity index (χ0v) is 17.1. The normalized spacial score (nSPS) is 10.9. The zero-order valence-electron chi connectivity index (χ0n) is 15.5. The molecule has 8 heteroatoms. The van der Waals surface area contributed by atoms with Gasteiger partial charge in [-0.3, -0.25) is 19.7 Å². The number of nitrogens with zero attached hydrogens (tertiary/aromatic N) is 1. The van der Waals surface area contributed by atoms with Crippen molar-refractivity contribution < 1.29 is 14.5 Å². The van der Waals surface area contributed by atoms with Gasteiger partial charge in [-0.1, -0.05) is 42.5 Å². The van der Waals surface area contributed by atoms with E-state index in [1.54, 1.807) is 54.6 Å². The summed E-state index contributed by atoms with van der Waals surface area (Å²) < 4.78 is 0.570. The van der Waals surface area contributed by atoms with E-state index in [1.807, 2.05) is 6.07 Å². The largest absolute Gasteiger partial charge is 0.321 e. The van der Waals surface area contributed by atoms with E-state index < -0.39 is 16.7 Å². The fourth-order valence-corrected chi connectivity index (χ4v) is 3.07. The minimum atomic E-state index is -0.562. The van der Waals surface area contributed by atoms with Gasteiger partial charge in [0.25, 0.3) is 17.5 Å². The summed E-state index contributed by atoms with van der Waals surface area (Å²) in [5, 5.41) is 16.4. The van der Waals surface area contributed by atoms with Gasteiger partial charge in [0.1, 0.15) is 5.70 Å². The van der Waals surface area contributed by atoms with Gasteiger partial charge in [0.2, 0.25) is 0 Å². The lowest BCUT2D eigenvalue weighted by Crippen LogP contribution is -2.31. The monoisotopic (exact) mass is 465 g/mol. The third-order valence-electron chi connectivity index (χ3n) is 4.03. The SMILES string of the molecule is O=C(Nc1ccccc1)C(=Cc1cccc([N+](=O)[O-])c1)NC(=O)c1ccccc1Br. The lowest BCUT2D eigenvalue weighted by Gasteiger charge is -2.12. The molecular weight excluding hydrogens is 450 g/mol. The first-order valence-corrected chi connectivity index (χ1v) is 9.62. The molecule has 0 aromatic heterocycles. The summed E-state index contributed by atoms with van der Waals surface area (Å²) in [6.45, 7) is 0. The molecule has 30 heavy (non-hydrogen) atoms. The highest BCUT2D eigenvalue weighted by Gasteiger charge is 2.17. The van der Waals surface area contributed by atoms with Crippen LogP contribution in [0.4, 0.5) is 11.4 Å². The van der Waals surface area contributed by atoms with Gasteiger partial charge in [-0.2, -0.15) is 0 Å². The summed E-state index contributed by atoms with van der Waals surface area (Å²) >= 11 is 3.31. The summed E-state index contributed by atoms with van der Waals surface area (Å²) in [5.74, 6) is -1.06. The summed E-state index contributed by atoms with van der Waals surface area (Å²) in [4.78, 5) is 36.1. The van der Waals surface area contributed by atoms with Crippen LogP contribution < -0.4 is 10.6 Å². The van der Waals surface area contributed by atoms with Crippen LogP contribution in [-0.4, -0.2) is 16.7 Å². The topological polar surface area (TPSA) is 101 Å². The van der Waals surface area contributed by atoms with Crippen LogP contribution in [0.25, 0.3) is 6.08 Å². The second kappa shape index (κ2) is 9.62. The van der Waals surface area contributed by atoms with Gasteiger partial charge >= 0.3 is 0 Å². The molecular formula is C22H16BrN3O4. The summed E-state index contributed by atoms with van der Waals surface area (Å²) in [7, 11) is 0. The van der Waals surface area contributed by atoms with Gasteiger partial charge in [-0.05, 0) is 51.8 Å². The van der Waals surface area contributed by atoms with E-state index in [0.29, 0.717) is 21.3 Å². The quantitative estimate of drug-likeness (QED) is 0.311. The molecule has 3 aromatic rings. The van der Waals surface area contributed by atoms with Crippen molar-refractivity contribution >= 4 is 45.2 Å². The third-order valence-corrected chi connectivity index (χ3v) is 4.73. The Labute approximate surface area is 180 Å². The Balaban J connectivity index is 1.94. The average Bonchev–Trinajstić information content (AvgIpc) is 2.74. The lowest BCUT2D eigenvalue weighted by atomic mass is 10.1. The predicted molar refractivity (Wildman–Crippen MR) is 118 cm³/mol. The lowest BCUT2D eigenvalue weighted by molar-refractivity contribution is -0.384. The highest BCUT2D eigenvalue weighted by atomic mass is 79.9. The Hall–Kier alpha value is -3.78. The maximum absolute atomic E-state index is 12.8. The maximum Gasteiger partial charge on any atom is 0.272 e. The maximum atomic E-state index is 12.8. The molecule has 7 nitrogen and oxygen atoms in total. The second-order valence-electron chi connectivity index (χ2n) is 6.16. The number of para-hydroxylation sites is 1. The molecule has 3 aromatic carbocycles. The van der Waals surface area contributed by atoms with E-state index in [2.05, 4.69) is 26.6 Å². The molecule has 0 spiro atoms. The molecule has 0 saturated heterocycles. The van der Waals surface area contributed by atoms with Crippen LogP contribution in [-0.2, 0) is 4.79 Å². The summed E-state index contributed by atoms with van der Waals surface area (Å²) in [6, 6.07) is 21.3. The molecule has 0 unspecified atom stereocenters. The molecule has 150 valence electrons. The van der Waals surface area contributed by atoms with Crippen molar-refractivity contribution in [1.82, 2.24) is 5.32 Å². The third kappa shape index (κ3) is 5.39. The molecule has 0 heterocycles. The second-order valence-corrected chi connectivity index (χ2v) is 7.02. The van der Waals surface area contributed by atoms with Crippen LogP contribution >= 0.6 is 15.9 Å². The van der Waals surface area contributed by atoms with Crippen LogP contribution in [0.2, 0.25) is 0 Å². The minimum Gasteiger partial charge on any atom is -0.321 e. The number of nitro groups is 1. The van der Waals surface area contributed by atoms with Crippen LogP contribution in [0.15, 0.2) is 89.0 Å². The fraction of sp³-hybridized carbons (Fsp3) is 0. The Morgan fingerprint density at radius 3 is 2.33 bits per heavy atom. The van der Waals surface area contributed by atoms with E-state index in [-0.39, 0.29) is 11.4 Å². The Morgan fingerprint density at radius 1 is 0.933 bits per heavy atom. The molecule has 2 N–H and O–H groups in total. The average molecular weight is 466 g/mol. The van der Waals surface area contributed by atoms with Crippen molar-refractivity contribution in [3.05, 3.63) is 110 Å². The number of hydrogen-bond donors (Lipinski definition) is 2. The highest BCUT2D eigenvalue weighted by molar-refractivity contribution is 9.10. The number of nitrogens with one attached hydrogen (secondary N) is 2. The number of anilines is 1. The number of nitro benzene ring substituents is 1. The first-order valence-electron chi connectivity index (χ1n) is 8.82. The van der Waals surface area contributed by atoms with Crippen LogP contribution in [0.5, 0.6) is 0 Å². The van der Waals surface area contributed by atoms with Gasteiger partial charge in [0, 0.05) is 22.3 Å². The molecule has 3 rings (SSSR count). The van der Waals surface area contributed by atoms with Crippen LogP contribution in [0.1, 0.15) is 15.9 Å². The molecule has 0 fully saturated rings. The number of carbonyl (C=O) groups excluding carboxylic acids is 2. The Morgan fingerprint density at radius 2 is 1.63 bits per heavy atom. The van der Waals surface area contributed by atoms with Gasteiger partial charge in [-0.25, -0.2) is 0 Å². The van der Waals surface area contributed by atoms with Gasteiger partial charge < -0.3 is 10.6 Å². The molecule has 0 atom stereocenters. The molecule has 0 radical (unpaired) electrons. The highest BCUT2D eigenvalue weighted by Crippen LogP contribution is 2.18. The van der Waals surface area contributed by atoms with Crippen molar-refractivity contribution in [2.45, 2.75) is 0 Å². The van der Waals surface area contributed by atoms with Crippen LogP contribution in [0, 0.1) is 10.1 Å². The molecule has 0 saturated carbocycles. The van der Waals surface area contributed by atoms with Crippen molar-refractivity contribution in [2.75, 3.05) is 5.32 Å². The number of amides is 2. The minimum absolute atomic E-state index is 0.0555. The first kappa shape index (κ1) is 20.9. The van der Waals surface area contributed by atoms with E-state index in [0.717, 1.165) is 0 Å². The van der Waals surface area contributed by atoms with Crippen molar-refractivity contribution in [3.63, 3.8) is 0 Å². The van der Waals surface area contributed by atoms with E-state index in [1.165, 1.54) is 24.3 Å². The van der Waals surface area contributed by atoms with Crippen LogP contribution in [0.3, 0.4) is 0 Å². The fourth-order valence-electron chi connectivity index (χ4n) is 2.61. The summed E-state index contributed by atoms with van der Waals surface area (Å²) in [6.07, 6.45) is 1.39. The number of hydrogen-bond acceptors (Lipinski definition) is 4. The zero-order chi connectivity index (χ0) is 21.5. The predicted octanol–water partition coefficient (Wildman–Crippen LogP) is 4.77. The molecule has 0 aliphatic rings. The van der Waals surface area contributed by atoms with Gasteiger partial charge in [0.05, 0.1) is 10.5 Å². The smallest absolute Gasteiger partial charge is 0.272 e. The van der Waals surface area contributed by atoms with E-state index >= 15 is 0 Å². The Bertz CT molecular complexity index is 1130. The molecule has 0 bridgehead atoms. The van der Waals surface area contributed by atoms with Crippen molar-refractivity contribution in [3.8, 4) is 0 Å². The first-order chi connectivity index (χ1) is 14.4. The number of halogens is 1. The molecule has 0 aliphatic heterocycles. The van der Waals surface area contributed by atoms with Crippen molar-refractivity contribution in [2.24, 2.45) is 0 Å². The molecule has 0 aliphatic carbocycles.